The predicted octanol–water partition coefficient (Wildman–Crippen LogP) is 2.74. The third kappa shape index (κ3) is 2.84. The first-order valence-corrected chi connectivity index (χ1v) is 11.2. The summed E-state index contributed by atoms with van der Waals surface area (Å²) in [7, 11) is 0. The summed E-state index contributed by atoms with van der Waals surface area (Å²) in [5.41, 5.74) is 0.124. The van der Waals surface area contributed by atoms with E-state index >= 15 is 0 Å². The van der Waals surface area contributed by atoms with Crippen molar-refractivity contribution in [3.05, 3.63) is 12.2 Å². The monoisotopic (exact) mass is 388 g/mol. The van der Waals surface area contributed by atoms with Crippen molar-refractivity contribution in [3.63, 3.8) is 0 Å². The van der Waals surface area contributed by atoms with Gasteiger partial charge in [0.1, 0.15) is 0 Å². The van der Waals surface area contributed by atoms with Gasteiger partial charge in [0.05, 0.1) is 6.61 Å². The van der Waals surface area contributed by atoms with E-state index in [4.69, 9.17) is 0 Å². The van der Waals surface area contributed by atoms with E-state index in [1.54, 1.807) is 6.08 Å². The average Bonchev–Trinajstić information content (AvgIpc) is 3.03. The van der Waals surface area contributed by atoms with Gasteiger partial charge in [0, 0.05) is 30.5 Å². The normalized spacial score (nSPS) is 44.3. The Labute approximate surface area is 168 Å². The van der Waals surface area contributed by atoms with Gasteiger partial charge >= 0.3 is 0 Å². The molecule has 0 radical (unpaired) electrons. The number of nitrogens with one attached hydrogen (secondary N) is 1. The Balaban J connectivity index is 1.58. The number of carbonyl (C=O) groups excluding carboxylic acids is 2. The van der Waals surface area contributed by atoms with Gasteiger partial charge < -0.3 is 15.3 Å². The zero-order valence-electron chi connectivity index (χ0n) is 17.6. The highest BCUT2D eigenvalue weighted by Crippen LogP contribution is 2.65. The summed E-state index contributed by atoms with van der Waals surface area (Å²) < 4.78 is 0. The lowest BCUT2D eigenvalue weighted by atomic mass is 9.48. The molecule has 4 rings (SSSR count). The molecule has 5 nitrogen and oxygen atoms in total. The minimum Gasteiger partial charge on any atom is -0.395 e. The molecule has 2 N–H and O–H groups in total. The largest absolute Gasteiger partial charge is 0.395 e. The molecular weight excluding hydrogens is 352 g/mol. The molecule has 156 valence electrons. The molecule has 2 amide bonds. The van der Waals surface area contributed by atoms with E-state index in [2.05, 4.69) is 25.2 Å². The number of nitrogens with zero attached hydrogens (tertiary/aromatic N) is 1. The van der Waals surface area contributed by atoms with E-state index in [9.17, 15) is 14.7 Å². The van der Waals surface area contributed by atoms with Crippen LogP contribution in [-0.4, -0.2) is 47.6 Å². The Morgan fingerprint density at radius 3 is 2.71 bits per heavy atom. The molecule has 0 spiro atoms. The Morgan fingerprint density at radius 1 is 1.21 bits per heavy atom. The van der Waals surface area contributed by atoms with Gasteiger partial charge in [0.2, 0.25) is 11.8 Å². The molecule has 4 aliphatic rings. The molecule has 3 aliphatic carbocycles. The molecule has 3 fully saturated rings. The second-order valence-electron chi connectivity index (χ2n) is 10.0. The van der Waals surface area contributed by atoms with Crippen molar-refractivity contribution < 1.29 is 14.7 Å². The molecule has 0 aromatic heterocycles. The van der Waals surface area contributed by atoms with Crippen LogP contribution in [0.15, 0.2) is 12.2 Å². The molecular formula is C23H36N2O3. The summed E-state index contributed by atoms with van der Waals surface area (Å²) >= 11 is 0. The number of hydrogen-bond donors (Lipinski definition) is 2. The van der Waals surface area contributed by atoms with Crippen molar-refractivity contribution >= 4 is 11.8 Å². The van der Waals surface area contributed by atoms with Crippen LogP contribution in [0.1, 0.15) is 59.3 Å². The van der Waals surface area contributed by atoms with E-state index in [-0.39, 0.29) is 41.2 Å². The van der Waals surface area contributed by atoms with Crippen LogP contribution in [0.2, 0.25) is 0 Å². The molecule has 1 aliphatic heterocycles. The van der Waals surface area contributed by atoms with E-state index in [0.717, 1.165) is 38.5 Å². The summed E-state index contributed by atoms with van der Waals surface area (Å²) in [5.74, 6) is 2.23. The molecule has 7 atom stereocenters. The number of fused-ring (bicyclic) bond motifs is 5. The molecule has 0 saturated heterocycles. The maximum atomic E-state index is 13.3. The number of aliphatic hydroxyl groups excluding tert-OH is 1. The Kier molecular flexibility index (Phi) is 5.09. The molecule has 3 saturated carbocycles. The fraction of sp³-hybridized carbons (Fsp3) is 0.826. The zero-order chi connectivity index (χ0) is 20.1. The highest BCUT2D eigenvalue weighted by molar-refractivity contribution is 5.89. The molecule has 28 heavy (non-hydrogen) atoms. The standard InChI is InChI=1S/C23H36N2O3/c1-4-25(13-14-26)21(28)18-7-6-16-15-5-8-19-23(3,12-10-20(27)24-19)17(15)9-11-22(16,18)2/h10,12,15-19,26H,4-9,11,13-14H2,1-3H3,(H,24,27)/t15-,16-,17-,18+,19+,22-,23+/m0/s1. The van der Waals surface area contributed by atoms with Crippen molar-refractivity contribution in [1.29, 1.82) is 0 Å². The number of likely N-dealkylation sites (N-methyl/N-ethyl adjacent to an activating group) is 1. The number of rotatable bonds is 4. The third-order valence-electron chi connectivity index (χ3n) is 9.05. The fourth-order valence-electron chi connectivity index (χ4n) is 7.50. The third-order valence-corrected chi connectivity index (χ3v) is 9.05. The van der Waals surface area contributed by atoms with E-state index in [1.165, 1.54) is 0 Å². The van der Waals surface area contributed by atoms with Crippen LogP contribution in [0.3, 0.4) is 0 Å². The first kappa shape index (κ1) is 19.9. The molecule has 0 aromatic carbocycles. The van der Waals surface area contributed by atoms with Gasteiger partial charge in [-0.25, -0.2) is 0 Å². The van der Waals surface area contributed by atoms with Crippen LogP contribution < -0.4 is 5.32 Å². The molecule has 0 aromatic rings. The van der Waals surface area contributed by atoms with Crippen LogP contribution >= 0.6 is 0 Å². The van der Waals surface area contributed by atoms with Crippen LogP contribution in [0.5, 0.6) is 0 Å². The van der Waals surface area contributed by atoms with E-state index in [0.29, 0.717) is 30.8 Å². The highest BCUT2D eigenvalue weighted by atomic mass is 16.3. The summed E-state index contributed by atoms with van der Waals surface area (Å²) in [6.07, 6.45) is 10.5. The highest BCUT2D eigenvalue weighted by Gasteiger charge is 2.61. The van der Waals surface area contributed by atoms with Gasteiger partial charge in [0.15, 0.2) is 0 Å². The SMILES string of the molecule is CCN(CCO)C(=O)[C@H]1CC[C@H]2[C@@H]3CC[C@H]4NC(=O)C=C[C@]4(C)[C@H]3CC[C@]12C. The minimum absolute atomic E-state index is 0.0366. The lowest BCUT2D eigenvalue weighted by molar-refractivity contribution is -0.144. The Morgan fingerprint density at radius 2 is 2.00 bits per heavy atom. The summed E-state index contributed by atoms with van der Waals surface area (Å²) in [5, 5.41) is 12.6. The number of carbonyl (C=O) groups is 2. The maximum Gasteiger partial charge on any atom is 0.243 e. The maximum absolute atomic E-state index is 13.3. The lowest BCUT2D eigenvalue weighted by Crippen LogP contribution is -2.59. The van der Waals surface area contributed by atoms with Crippen LogP contribution in [0, 0.1) is 34.5 Å². The van der Waals surface area contributed by atoms with Crippen molar-refractivity contribution in [3.8, 4) is 0 Å². The van der Waals surface area contributed by atoms with Crippen molar-refractivity contribution in [1.82, 2.24) is 10.2 Å². The molecule has 1 heterocycles. The predicted molar refractivity (Wildman–Crippen MR) is 108 cm³/mol. The van der Waals surface area contributed by atoms with E-state index in [1.807, 2.05) is 11.8 Å². The van der Waals surface area contributed by atoms with Gasteiger partial charge in [-0.05, 0) is 74.7 Å². The topological polar surface area (TPSA) is 69.6 Å². The van der Waals surface area contributed by atoms with Crippen LogP contribution in [0.25, 0.3) is 0 Å². The summed E-state index contributed by atoms with van der Waals surface area (Å²) in [6, 6.07) is 0.259. The van der Waals surface area contributed by atoms with Crippen LogP contribution in [-0.2, 0) is 9.59 Å². The fourth-order valence-corrected chi connectivity index (χ4v) is 7.50. The Hall–Kier alpha value is -1.36. The van der Waals surface area contributed by atoms with Gasteiger partial charge in [-0.2, -0.15) is 0 Å². The van der Waals surface area contributed by atoms with Crippen molar-refractivity contribution in [2.24, 2.45) is 34.5 Å². The molecule has 5 heteroatoms. The van der Waals surface area contributed by atoms with Gasteiger partial charge in [-0.3, -0.25) is 9.59 Å². The Bertz CT molecular complexity index is 677. The first-order chi connectivity index (χ1) is 13.3. The molecule has 0 bridgehead atoms. The number of hydrogen-bond acceptors (Lipinski definition) is 3. The first-order valence-electron chi connectivity index (χ1n) is 11.2. The summed E-state index contributed by atoms with van der Waals surface area (Å²) in [4.78, 5) is 27.0. The smallest absolute Gasteiger partial charge is 0.243 e. The second-order valence-corrected chi connectivity index (χ2v) is 10.0. The molecule has 0 unspecified atom stereocenters. The lowest BCUT2D eigenvalue weighted by Gasteiger charge is -2.58. The van der Waals surface area contributed by atoms with E-state index < -0.39 is 0 Å². The summed E-state index contributed by atoms with van der Waals surface area (Å²) in [6.45, 7) is 7.86. The number of amides is 2. The number of aliphatic hydroxyl groups is 1. The van der Waals surface area contributed by atoms with Crippen molar-refractivity contribution in [2.75, 3.05) is 19.7 Å². The van der Waals surface area contributed by atoms with Crippen molar-refractivity contribution in [2.45, 2.75) is 65.3 Å². The van der Waals surface area contributed by atoms with Gasteiger partial charge in [-0.15, -0.1) is 0 Å². The van der Waals surface area contributed by atoms with Crippen LogP contribution in [0.4, 0.5) is 0 Å². The average molecular weight is 389 g/mol. The quantitative estimate of drug-likeness (QED) is 0.778. The second kappa shape index (κ2) is 7.16. The van der Waals surface area contributed by atoms with Gasteiger partial charge in [-0.1, -0.05) is 19.9 Å². The van der Waals surface area contributed by atoms with Gasteiger partial charge in [0.25, 0.3) is 0 Å². The zero-order valence-corrected chi connectivity index (χ0v) is 17.6. The minimum atomic E-state index is 0.0366.